The lowest BCUT2D eigenvalue weighted by molar-refractivity contribution is -0.145. The molecule has 280 valence electrons. The molecular weight excluding hydrogens is 680 g/mol. The van der Waals surface area contributed by atoms with Crippen molar-refractivity contribution in [3.63, 3.8) is 0 Å². The van der Waals surface area contributed by atoms with Crippen molar-refractivity contribution in [2.45, 2.75) is 65.2 Å². The Hall–Kier alpha value is -5.66. The van der Waals surface area contributed by atoms with Crippen LogP contribution in [-0.2, 0) is 38.1 Å². The largest absolute Gasteiger partial charge is 0.513 e. The summed E-state index contributed by atoms with van der Waals surface area (Å²) in [7, 11) is 0. The first-order valence-corrected chi connectivity index (χ1v) is 16.9. The Kier molecular flexibility index (Phi) is 16.9. The number of hydrogen-bond donors (Lipinski definition) is 0. The first-order chi connectivity index (χ1) is 25.0. The van der Waals surface area contributed by atoms with Crippen molar-refractivity contribution in [3.8, 4) is 23.0 Å². The molecule has 1 aliphatic carbocycles. The Morgan fingerprint density at radius 3 is 1.23 bits per heavy atom. The van der Waals surface area contributed by atoms with Crippen LogP contribution in [0, 0.1) is 25.7 Å². The number of carbonyl (C=O) groups is 6. The number of ether oxygens (including phenoxy) is 8. The zero-order chi connectivity index (χ0) is 37.9. The van der Waals surface area contributed by atoms with E-state index < -0.39 is 48.0 Å². The average Bonchev–Trinajstić information content (AvgIpc) is 3.13. The Morgan fingerprint density at radius 2 is 0.904 bits per heavy atom. The monoisotopic (exact) mass is 724 g/mol. The molecule has 0 radical (unpaired) electrons. The van der Waals surface area contributed by atoms with Crippen LogP contribution in [0.1, 0.15) is 62.5 Å². The summed E-state index contributed by atoms with van der Waals surface area (Å²) in [6, 6.07) is 9.14. The van der Waals surface area contributed by atoms with Crippen molar-refractivity contribution in [3.05, 3.63) is 72.8 Å². The maximum atomic E-state index is 12.9. The molecule has 0 amide bonds. The molecule has 0 unspecified atom stereocenters. The number of unbranched alkanes of at least 4 members (excludes halogenated alkanes) is 2. The van der Waals surface area contributed by atoms with E-state index in [2.05, 4.69) is 13.2 Å². The molecule has 0 spiro atoms. The molecule has 1 saturated carbocycles. The molecule has 1 aliphatic rings. The van der Waals surface area contributed by atoms with Gasteiger partial charge >= 0.3 is 36.2 Å². The van der Waals surface area contributed by atoms with Crippen LogP contribution in [0.3, 0.4) is 0 Å². The number of esters is 4. The SMILES string of the molecule is C=CC(=O)OCCCCOC(=O)Oc1ccc(OC(=O)C2CCC(C(=O)Oc3ccc(OC(=O)OCCCCOC(=O)C=C)cc3C)CC2)c(C)c1. The molecule has 2 aromatic rings. The van der Waals surface area contributed by atoms with Crippen LogP contribution in [0.25, 0.3) is 0 Å². The van der Waals surface area contributed by atoms with E-state index in [1.807, 2.05) is 0 Å². The highest BCUT2D eigenvalue weighted by atomic mass is 16.7. The topological polar surface area (TPSA) is 176 Å². The second kappa shape index (κ2) is 21.5. The third-order valence-electron chi connectivity index (χ3n) is 7.85. The molecule has 0 aliphatic heterocycles. The van der Waals surface area contributed by atoms with Gasteiger partial charge in [0.25, 0.3) is 0 Å². The van der Waals surface area contributed by atoms with Crippen molar-refractivity contribution < 1.29 is 66.7 Å². The molecule has 14 nitrogen and oxygen atoms in total. The predicted octanol–water partition coefficient (Wildman–Crippen LogP) is 6.67. The van der Waals surface area contributed by atoms with Crippen LogP contribution in [0.2, 0.25) is 0 Å². The zero-order valence-electron chi connectivity index (χ0n) is 29.4. The minimum atomic E-state index is -0.892. The van der Waals surface area contributed by atoms with E-state index in [1.54, 1.807) is 26.0 Å². The number of benzene rings is 2. The van der Waals surface area contributed by atoms with Crippen molar-refractivity contribution in [1.29, 1.82) is 0 Å². The Balaban J connectivity index is 1.36. The van der Waals surface area contributed by atoms with Gasteiger partial charge in [-0.1, -0.05) is 13.2 Å². The fourth-order valence-corrected chi connectivity index (χ4v) is 4.98. The summed E-state index contributed by atoms with van der Waals surface area (Å²) >= 11 is 0. The highest BCUT2D eigenvalue weighted by Crippen LogP contribution is 2.33. The first-order valence-electron chi connectivity index (χ1n) is 16.9. The third kappa shape index (κ3) is 14.3. The van der Waals surface area contributed by atoms with E-state index in [4.69, 9.17) is 37.9 Å². The lowest BCUT2D eigenvalue weighted by atomic mass is 9.82. The van der Waals surface area contributed by atoms with Gasteiger partial charge in [0.1, 0.15) is 23.0 Å². The highest BCUT2D eigenvalue weighted by molar-refractivity contribution is 5.81. The minimum Gasteiger partial charge on any atom is -0.463 e. The fraction of sp³-hybridized carbons (Fsp3) is 0.421. The van der Waals surface area contributed by atoms with Gasteiger partial charge in [-0.05, 0) is 113 Å². The van der Waals surface area contributed by atoms with Crippen LogP contribution < -0.4 is 18.9 Å². The summed E-state index contributed by atoms with van der Waals surface area (Å²) in [5, 5.41) is 0. The summed E-state index contributed by atoms with van der Waals surface area (Å²) in [6.07, 6.45) is 4.09. The lowest BCUT2D eigenvalue weighted by Crippen LogP contribution is -2.30. The van der Waals surface area contributed by atoms with E-state index in [0.29, 0.717) is 74.0 Å². The second-order valence-electron chi connectivity index (χ2n) is 11.8. The van der Waals surface area contributed by atoms with E-state index >= 15 is 0 Å². The number of carbonyl (C=O) groups excluding carboxylic acids is 6. The van der Waals surface area contributed by atoms with Crippen molar-refractivity contribution in [2.75, 3.05) is 26.4 Å². The molecule has 2 aromatic carbocycles. The quantitative estimate of drug-likeness (QED) is 0.0398. The van der Waals surface area contributed by atoms with Gasteiger partial charge in [0, 0.05) is 12.2 Å². The summed E-state index contributed by atoms with van der Waals surface area (Å²) in [4.78, 5) is 71.9. The van der Waals surface area contributed by atoms with E-state index in [0.717, 1.165) is 12.2 Å². The van der Waals surface area contributed by atoms with Crippen LogP contribution in [-0.4, -0.2) is 62.6 Å². The van der Waals surface area contributed by atoms with Crippen LogP contribution in [0.4, 0.5) is 9.59 Å². The van der Waals surface area contributed by atoms with Crippen molar-refractivity contribution in [1.82, 2.24) is 0 Å². The summed E-state index contributed by atoms with van der Waals surface area (Å²) in [5.41, 5.74) is 1.15. The van der Waals surface area contributed by atoms with E-state index in [9.17, 15) is 28.8 Å². The van der Waals surface area contributed by atoms with Gasteiger partial charge in [0.05, 0.1) is 38.3 Å². The maximum Gasteiger partial charge on any atom is 0.513 e. The van der Waals surface area contributed by atoms with Gasteiger partial charge in [-0.3, -0.25) is 9.59 Å². The molecule has 0 bridgehead atoms. The molecule has 0 heterocycles. The molecular formula is C38H44O14. The maximum absolute atomic E-state index is 12.9. The van der Waals surface area contributed by atoms with Crippen LogP contribution >= 0.6 is 0 Å². The van der Waals surface area contributed by atoms with Gasteiger partial charge in [-0.15, -0.1) is 0 Å². The molecule has 1 fully saturated rings. The normalized spacial score (nSPS) is 14.9. The summed E-state index contributed by atoms with van der Waals surface area (Å²) < 4.78 is 41.4. The van der Waals surface area contributed by atoms with Gasteiger partial charge in [0.2, 0.25) is 0 Å². The van der Waals surface area contributed by atoms with Gasteiger partial charge in [-0.2, -0.15) is 0 Å². The van der Waals surface area contributed by atoms with Crippen LogP contribution in [0.5, 0.6) is 23.0 Å². The molecule has 3 rings (SSSR count). The minimum absolute atomic E-state index is 0.0869. The van der Waals surface area contributed by atoms with Gasteiger partial charge in [0.15, 0.2) is 0 Å². The fourth-order valence-electron chi connectivity index (χ4n) is 4.98. The second-order valence-corrected chi connectivity index (χ2v) is 11.8. The Morgan fingerprint density at radius 1 is 0.558 bits per heavy atom. The summed E-state index contributed by atoms with van der Waals surface area (Å²) in [5.74, 6) is -1.59. The lowest BCUT2D eigenvalue weighted by Gasteiger charge is -2.26. The third-order valence-corrected chi connectivity index (χ3v) is 7.85. The zero-order valence-corrected chi connectivity index (χ0v) is 29.4. The van der Waals surface area contributed by atoms with E-state index in [1.165, 1.54) is 24.3 Å². The molecule has 0 N–H and O–H groups in total. The summed E-state index contributed by atoms with van der Waals surface area (Å²) in [6.45, 7) is 10.6. The van der Waals surface area contributed by atoms with Gasteiger partial charge in [-0.25, -0.2) is 19.2 Å². The molecule has 0 aromatic heterocycles. The average molecular weight is 725 g/mol. The Bertz CT molecular complexity index is 1470. The van der Waals surface area contributed by atoms with E-state index in [-0.39, 0.29) is 37.9 Å². The van der Waals surface area contributed by atoms with Crippen molar-refractivity contribution in [2.24, 2.45) is 11.8 Å². The Labute approximate surface area is 301 Å². The van der Waals surface area contributed by atoms with Crippen molar-refractivity contribution >= 4 is 36.2 Å². The van der Waals surface area contributed by atoms with Crippen LogP contribution in [0.15, 0.2) is 61.7 Å². The molecule has 0 atom stereocenters. The number of aryl methyl sites for hydroxylation is 2. The molecule has 52 heavy (non-hydrogen) atoms. The smallest absolute Gasteiger partial charge is 0.463 e. The molecule has 14 heteroatoms. The number of rotatable bonds is 18. The van der Waals surface area contributed by atoms with Gasteiger partial charge < -0.3 is 37.9 Å². The standard InChI is InChI=1S/C38H44O14/c1-5-33(39)45-19-7-9-21-47-37(43)49-29-15-17-31(25(3)23-29)51-35(41)27-11-13-28(14-12-27)36(42)52-32-18-16-30(24-26(32)4)50-38(44)48-22-10-8-20-46-34(40)6-2/h5-6,15-18,23-24,27-28H,1-2,7-14,19-22H2,3-4H3. The highest BCUT2D eigenvalue weighted by Gasteiger charge is 2.32. The predicted molar refractivity (Wildman–Crippen MR) is 184 cm³/mol. The molecule has 0 saturated heterocycles. The first kappa shape index (κ1) is 40.8. The number of hydrogen-bond acceptors (Lipinski definition) is 14.